The fourth-order valence-electron chi connectivity index (χ4n) is 1.87. The maximum Gasteiger partial charge on any atom is 0.259 e. The lowest BCUT2D eigenvalue weighted by molar-refractivity contribution is -0.119. The van der Waals surface area contributed by atoms with Crippen molar-refractivity contribution in [3.8, 4) is 11.5 Å². The smallest absolute Gasteiger partial charge is 0.259 e. The minimum absolute atomic E-state index is 0.100. The number of ether oxygens (including phenoxy) is 1. The molecule has 120 valence electrons. The zero-order valence-electron chi connectivity index (χ0n) is 13.0. The number of hydrogen-bond donors (Lipinski definition) is 3. The van der Waals surface area contributed by atoms with E-state index in [0.717, 1.165) is 17.0 Å². The Kier molecular flexibility index (Phi) is 5.57. The number of benzene rings is 2. The van der Waals surface area contributed by atoms with Crippen molar-refractivity contribution in [2.24, 2.45) is 5.10 Å². The van der Waals surface area contributed by atoms with Gasteiger partial charge in [-0.05, 0) is 43.3 Å². The molecule has 2 rings (SSSR count). The highest BCUT2D eigenvalue weighted by Crippen LogP contribution is 2.14. The maximum absolute atomic E-state index is 11.8. The van der Waals surface area contributed by atoms with E-state index in [1.165, 1.54) is 0 Å². The minimum Gasteiger partial charge on any atom is -0.508 e. The zero-order chi connectivity index (χ0) is 16.7. The molecule has 0 saturated carbocycles. The highest BCUT2D eigenvalue weighted by atomic mass is 16.5. The number of amides is 1. The lowest BCUT2D eigenvalue weighted by Crippen LogP contribution is -2.26. The molecule has 0 aliphatic heterocycles. The van der Waals surface area contributed by atoms with E-state index >= 15 is 0 Å². The van der Waals surface area contributed by atoms with Gasteiger partial charge in [0.1, 0.15) is 11.5 Å². The summed E-state index contributed by atoms with van der Waals surface area (Å²) < 4.78 is 5.07. The van der Waals surface area contributed by atoms with E-state index in [2.05, 4.69) is 15.8 Å². The molecular weight excluding hydrogens is 294 g/mol. The molecule has 23 heavy (non-hydrogen) atoms. The van der Waals surface area contributed by atoms with E-state index in [1.807, 2.05) is 24.3 Å². The van der Waals surface area contributed by atoms with Crippen LogP contribution in [0.15, 0.2) is 53.6 Å². The number of hydrogen-bond acceptors (Lipinski definition) is 5. The van der Waals surface area contributed by atoms with E-state index in [1.54, 1.807) is 38.3 Å². The van der Waals surface area contributed by atoms with Gasteiger partial charge in [0.2, 0.25) is 0 Å². The second-order valence-electron chi connectivity index (χ2n) is 4.86. The number of carbonyl (C=O) groups is 1. The number of hydrazone groups is 1. The molecule has 0 heterocycles. The first-order chi connectivity index (χ1) is 11.1. The fraction of sp³-hybridized carbons (Fsp3) is 0.176. The highest BCUT2D eigenvalue weighted by Gasteiger charge is 2.02. The molecule has 0 spiro atoms. The number of nitrogens with one attached hydrogen (secondary N) is 2. The molecule has 0 radical (unpaired) electrons. The number of carbonyl (C=O) groups excluding carboxylic acids is 1. The summed E-state index contributed by atoms with van der Waals surface area (Å²) in [6.07, 6.45) is 0. The normalized spacial score (nSPS) is 11.0. The molecule has 0 aliphatic carbocycles. The number of aromatic hydroxyl groups is 1. The molecule has 3 N–H and O–H groups in total. The Hall–Kier alpha value is -3.02. The number of phenols is 1. The van der Waals surface area contributed by atoms with E-state index in [-0.39, 0.29) is 18.2 Å². The van der Waals surface area contributed by atoms with Gasteiger partial charge >= 0.3 is 0 Å². The molecule has 0 saturated heterocycles. The summed E-state index contributed by atoms with van der Waals surface area (Å²) in [6, 6.07) is 14.0. The van der Waals surface area contributed by atoms with Gasteiger partial charge in [-0.3, -0.25) is 4.79 Å². The van der Waals surface area contributed by atoms with Gasteiger partial charge in [-0.2, -0.15) is 5.10 Å². The maximum atomic E-state index is 11.8. The van der Waals surface area contributed by atoms with Gasteiger partial charge in [-0.15, -0.1) is 0 Å². The predicted molar refractivity (Wildman–Crippen MR) is 89.9 cm³/mol. The molecule has 0 atom stereocenters. The third-order valence-electron chi connectivity index (χ3n) is 3.16. The Labute approximate surface area is 134 Å². The van der Waals surface area contributed by atoms with Crippen LogP contribution in [-0.2, 0) is 4.79 Å². The number of anilines is 1. The Morgan fingerprint density at radius 1 is 1.22 bits per heavy atom. The van der Waals surface area contributed by atoms with Crippen LogP contribution in [0.1, 0.15) is 12.5 Å². The predicted octanol–water partition coefficient (Wildman–Crippen LogP) is 2.35. The summed E-state index contributed by atoms with van der Waals surface area (Å²) in [5.74, 6) is 0.649. The summed E-state index contributed by atoms with van der Waals surface area (Å²) in [6.45, 7) is 1.86. The number of methoxy groups -OCH3 is 1. The molecule has 6 heteroatoms. The summed E-state index contributed by atoms with van der Waals surface area (Å²) >= 11 is 0. The average Bonchev–Trinajstić information content (AvgIpc) is 2.58. The van der Waals surface area contributed by atoms with E-state index in [4.69, 9.17) is 4.74 Å². The zero-order valence-corrected chi connectivity index (χ0v) is 13.0. The largest absolute Gasteiger partial charge is 0.508 e. The molecule has 2 aromatic rings. The molecule has 2 aromatic carbocycles. The van der Waals surface area contributed by atoms with Crippen LogP contribution in [0, 0.1) is 0 Å². The van der Waals surface area contributed by atoms with Crippen molar-refractivity contribution in [2.45, 2.75) is 6.92 Å². The lowest BCUT2D eigenvalue weighted by atomic mass is 10.1. The van der Waals surface area contributed by atoms with Crippen LogP contribution in [0.25, 0.3) is 0 Å². The van der Waals surface area contributed by atoms with Crippen LogP contribution in [0.4, 0.5) is 5.69 Å². The van der Waals surface area contributed by atoms with Crippen LogP contribution >= 0.6 is 0 Å². The van der Waals surface area contributed by atoms with Crippen molar-refractivity contribution in [3.63, 3.8) is 0 Å². The summed E-state index contributed by atoms with van der Waals surface area (Å²) in [7, 11) is 1.60. The second kappa shape index (κ2) is 7.84. The van der Waals surface area contributed by atoms with Crippen LogP contribution in [-0.4, -0.2) is 30.4 Å². The van der Waals surface area contributed by atoms with Crippen LogP contribution in [0.2, 0.25) is 0 Å². The van der Waals surface area contributed by atoms with Gasteiger partial charge in [-0.25, -0.2) is 5.43 Å². The van der Waals surface area contributed by atoms with Gasteiger partial charge in [0.05, 0.1) is 19.4 Å². The van der Waals surface area contributed by atoms with Crippen molar-refractivity contribution in [2.75, 3.05) is 19.0 Å². The Morgan fingerprint density at radius 3 is 2.61 bits per heavy atom. The molecular formula is C17H19N3O3. The van der Waals surface area contributed by atoms with Crippen molar-refractivity contribution in [3.05, 3.63) is 54.1 Å². The van der Waals surface area contributed by atoms with Gasteiger partial charge in [0.25, 0.3) is 5.91 Å². The second-order valence-corrected chi connectivity index (χ2v) is 4.86. The van der Waals surface area contributed by atoms with Crippen LogP contribution in [0.3, 0.4) is 0 Å². The Morgan fingerprint density at radius 2 is 1.96 bits per heavy atom. The van der Waals surface area contributed by atoms with Crippen molar-refractivity contribution in [1.29, 1.82) is 0 Å². The molecule has 0 aromatic heterocycles. The molecule has 1 amide bonds. The van der Waals surface area contributed by atoms with E-state index < -0.39 is 0 Å². The third kappa shape index (κ3) is 5.03. The average molecular weight is 313 g/mol. The minimum atomic E-state index is -0.264. The van der Waals surface area contributed by atoms with Crippen molar-refractivity contribution >= 4 is 17.3 Å². The van der Waals surface area contributed by atoms with E-state index in [0.29, 0.717) is 5.71 Å². The monoisotopic (exact) mass is 313 g/mol. The van der Waals surface area contributed by atoms with Crippen LogP contribution in [0.5, 0.6) is 11.5 Å². The molecule has 0 unspecified atom stereocenters. The number of phenolic OH excluding ortho intramolecular Hbond substituents is 1. The lowest BCUT2D eigenvalue weighted by Gasteiger charge is -2.07. The number of rotatable bonds is 6. The van der Waals surface area contributed by atoms with Crippen LogP contribution < -0.4 is 15.5 Å². The molecule has 0 bridgehead atoms. The highest BCUT2D eigenvalue weighted by molar-refractivity contribution is 5.99. The topological polar surface area (TPSA) is 83.0 Å². The third-order valence-corrected chi connectivity index (χ3v) is 3.16. The molecule has 0 aliphatic rings. The molecule has 6 nitrogen and oxygen atoms in total. The fourth-order valence-corrected chi connectivity index (χ4v) is 1.87. The van der Waals surface area contributed by atoms with Gasteiger partial charge in [-0.1, -0.05) is 12.1 Å². The number of nitrogens with zero attached hydrogens (tertiary/aromatic N) is 1. The van der Waals surface area contributed by atoms with Gasteiger partial charge < -0.3 is 15.2 Å². The van der Waals surface area contributed by atoms with Gasteiger partial charge in [0.15, 0.2) is 0 Å². The molecule has 0 fully saturated rings. The SMILES string of the molecule is COc1ccc(NCC(=O)N/N=C(/C)c2cccc(O)c2)cc1. The Bertz CT molecular complexity index is 696. The van der Waals surface area contributed by atoms with Gasteiger partial charge in [0, 0.05) is 11.3 Å². The van der Waals surface area contributed by atoms with E-state index in [9.17, 15) is 9.90 Å². The summed E-state index contributed by atoms with van der Waals surface area (Å²) in [4.78, 5) is 11.8. The Balaban J connectivity index is 1.85. The summed E-state index contributed by atoms with van der Waals surface area (Å²) in [5.41, 5.74) is 4.64. The van der Waals surface area contributed by atoms with Crippen molar-refractivity contribution < 1.29 is 14.6 Å². The first-order valence-electron chi connectivity index (χ1n) is 7.09. The van der Waals surface area contributed by atoms with Crippen molar-refractivity contribution in [1.82, 2.24) is 5.43 Å². The summed E-state index contributed by atoms with van der Waals surface area (Å²) in [5, 5.41) is 16.4. The quantitative estimate of drug-likeness (QED) is 0.565. The standard InChI is InChI=1S/C17H19N3O3/c1-12(13-4-3-5-15(21)10-13)19-20-17(22)11-18-14-6-8-16(23-2)9-7-14/h3-10,18,21H,11H2,1-2H3,(H,20,22)/b19-12-. The first kappa shape index (κ1) is 16.4. The first-order valence-corrected chi connectivity index (χ1v) is 7.09.